The Bertz CT molecular complexity index is 975. The van der Waals surface area contributed by atoms with Gasteiger partial charge in [-0.1, -0.05) is 36.9 Å². The highest BCUT2D eigenvalue weighted by molar-refractivity contribution is 7.90. The minimum atomic E-state index is -3.62. The van der Waals surface area contributed by atoms with Crippen LogP contribution < -0.4 is 0 Å². The molecule has 2 aromatic carbocycles. The predicted octanol–water partition coefficient (Wildman–Crippen LogP) is 4.91. The normalized spacial score (nSPS) is 11.7. The molecule has 0 unspecified atom stereocenters. The second kappa shape index (κ2) is 6.83. The van der Waals surface area contributed by atoms with E-state index in [-0.39, 0.29) is 4.90 Å². The van der Waals surface area contributed by atoms with Crippen molar-refractivity contribution in [1.29, 1.82) is 0 Å². The van der Waals surface area contributed by atoms with E-state index in [2.05, 4.69) is 6.58 Å². The van der Waals surface area contributed by atoms with E-state index >= 15 is 0 Å². The van der Waals surface area contributed by atoms with E-state index < -0.39 is 10.0 Å². The van der Waals surface area contributed by atoms with Crippen molar-refractivity contribution >= 4 is 38.1 Å². The minimum absolute atomic E-state index is 0.272. The van der Waals surface area contributed by atoms with Crippen LogP contribution in [0.5, 0.6) is 0 Å². The molecule has 124 valence electrons. The van der Waals surface area contributed by atoms with Crippen LogP contribution >= 0.6 is 11.6 Å². The molecule has 3 aromatic rings. The number of benzene rings is 2. The minimum Gasteiger partial charge on any atom is -0.241 e. The van der Waals surface area contributed by atoms with E-state index in [1.807, 2.05) is 24.3 Å². The number of halogens is 1. The fraction of sp³-hybridized carbons (Fsp3) is 0.158. The molecule has 0 aliphatic carbocycles. The van der Waals surface area contributed by atoms with Crippen LogP contribution in [-0.4, -0.2) is 18.3 Å². The number of aromatic nitrogens is 1. The predicted molar refractivity (Wildman–Crippen MR) is 100.0 cm³/mol. The maximum absolute atomic E-state index is 12.9. The molecule has 0 N–H and O–H groups in total. The first-order valence-electron chi connectivity index (χ1n) is 7.70. The van der Waals surface area contributed by atoms with Crippen molar-refractivity contribution in [2.45, 2.75) is 17.7 Å². The highest BCUT2D eigenvalue weighted by Gasteiger charge is 2.19. The van der Waals surface area contributed by atoms with E-state index in [1.54, 1.807) is 36.5 Å². The summed E-state index contributed by atoms with van der Waals surface area (Å²) in [5, 5.41) is 0.886. The smallest absolute Gasteiger partial charge is 0.241 e. The van der Waals surface area contributed by atoms with Gasteiger partial charge >= 0.3 is 0 Å². The molecule has 0 aliphatic heterocycles. The first-order chi connectivity index (χ1) is 11.6. The van der Waals surface area contributed by atoms with Crippen molar-refractivity contribution < 1.29 is 8.42 Å². The van der Waals surface area contributed by atoms with Crippen LogP contribution in [0.15, 0.2) is 72.3 Å². The Balaban J connectivity index is 2.11. The zero-order valence-corrected chi connectivity index (χ0v) is 14.7. The number of hydrogen-bond acceptors (Lipinski definition) is 2. The SMILES string of the molecule is C=C(CCCCl)c1cccc2c1ccn2S(=O)(=O)c1ccccc1. The summed E-state index contributed by atoms with van der Waals surface area (Å²) < 4.78 is 27.1. The van der Waals surface area contributed by atoms with Crippen LogP contribution in [0.3, 0.4) is 0 Å². The van der Waals surface area contributed by atoms with Crippen LogP contribution in [0.1, 0.15) is 18.4 Å². The number of rotatable bonds is 6. The molecule has 0 saturated carbocycles. The van der Waals surface area contributed by atoms with Gasteiger partial charge in [0.05, 0.1) is 10.4 Å². The zero-order chi connectivity index (χ0) is 17.2. The molecule has 1 aromatic heterocycles. The molecule has 3 rings (SSSR count). The first-order valence-corrected chi connectivity index (χ1v) is 9.68. The van der Waals surface area contributed by atoms with Gasteiger partial charge in [0.15, 0.2) is 0 Å². The molecule has 0 spiro atoms. The van der Waals surface area contributed by atoms with Gasteiger partial charge < -0.3 is 0 Å². The van der Waals surface area contributed by atoms with Gasteiger partial charge in [-0.25, -0.2) is 12.4 Å². The number of hydrogen-bond donors (Lipinski definition) is 0. The third-order valence-corrected chi connectivity index (χ3v) is 5.96. The standard InChI is InChI=1S/C19H18ClNO2S/c1-15(7-6-13-20)17-10-5-11-19-18(17)12-14-21(19)24(22,23)16-8-3-2-4-9-16/h2-5,8-12,14H,1,6-7,13H2. The van der Waals surface area contributed by atoms with Gasteiger partial charge in [-0.2, -0.15) is 0 Å². The van der Waals surface area contributed by atoms with Gasteiger partial charge in [0.2, 0.25) is 0 Å². The Labute approximate surface area is 147 Å². The van der Waals surface area contributed by atoms with E-state index in [0.717, 1.165) is 29.4 Å². The number of nitrogens with zero attached hydrogens (tertiary/aromatic N) is 1. The molecule has 5 heteroatoms. The van der Waals surface area contributed by atoms with Crippen molar-refractivity contribution in [3.05, 3.63) is 72.9 Å². The molecular formula is C19H18ClNO2S. The van der Waals surface area contributed by atoms with Crippen molar-refractivity contribution in [1.82, 2.24) is 3.97 Å². The molecule has 0 atom stereocenters. The second-order valence-electron chi connectivity index (χ2n) is 5.56. The lowest BCUT2D eigenvalue weighted by Gasteiger charge is -2.10. The third kappa shape index (κ3) is 2.99. The largest absolute Gasteiger partial charge is 0.268 e. The lowest BCUT2D eigenvalue weighted by atomic mass is 10.00. The van der Waals surface area contributed by atoms with Gasteiger partial charge in [0.1, 0.15) is 0 Å². The molecule has 0 bridgehead atoms. The van der Waals surface area contributed by atoms with E-state index in [9.17, 15) is 8.42 Å². The van der Waals surface area contributed by atoms with Crippen molar-refractivity contribution in [2.24, 2.45) is 0 Å². The summed E-state index contributed by atoms with van der Waals surface area (Å²) in [5.41, 5.74) is 2.60. The number of fused-ring (bicyclic) bond motifs is 1. The maximum atomic E-state index is 12.9. The lowest BCUT2D eigenvalue weighted by molar-refractivity contribution is 0.589. The highest BCUT2D eigenvalue weighted by Crippen LogP contribution is 2.29. The van der Waals surface area contributed by atoms with E-state index in [0.29, 0.717) is 11.4 Å². The topological polar surface area (TPSA) is 39.1 Å². The fourth-order valence-corrected chi connectivity index (χ4v) is 4.28. The maximum Gasteiger partial charge on any atom is 0.268 e. The van der Waals surface area contributed by atoms with Gasteiger partial charge in [-0.05, 0) is 48.2 Å². The Kier molecular flexibility index (Phi) is 4.78. The average Bonchev–Trinajstić information content (AvgIpc) is 3.05. The van der Waals surface area contributed by atoms with Gasteiger partial charge in [0, 0.05) is 17.5 Å². The molecule has 0 saturated heterocycles. The van der Waals surface area contributed by atoms with Gasteiger partial charge in [0.25, 0.3) is 10.0 Å². The van der Waals surface area contributed by atoms with Crippen molar-refractivity contribution in [3.8, 4) is 0 Å². The summed E-state index contributed by atoms with van der Waals surface area (Å²) in [6.07, 6.45) is 3.24. The summed E-state index contributed by atoms with van der Waals surface area (Å²) in [7, 11) is -3.62. The summed E-state index contributed by atoms with van der Waals surface area (Å²) in [4.78, 5) is 0.272. The molecule has 0 aliphatic rings. The van der Waals surface area contributed by atoms with Crippen LogP contribution in [0.2, 0.25) is 0 Å². The Morgan fingerprint density at radius 2 is 1.79 bits per heavy atom. The molecule has 0 fully saturated rings. The van der Waals surface area contributed by atoms with Gasteiger partial charge in [-0.15, -0.1) is 11.6 Å². The van der Waals surface area contributed by atoms with E-state index in [1.165, 1.54) is 3.97 Å². The van der Waals surface area contributed by atoms with Crippen LogP contribution in [0, 0.1) is 0 Å². The average molecular weight is 360 g/mol. The third-order valence-electron chi connectivity index (χ3n) is 3.99. The second-order valence-corrected chi connectivity index (χ2v) is 7.76. The summed E-state index contributed by atoms with van der Waals surface area (Å²) in [5.74, 6) is 0.582. The van der Waals surface area contributed by atoms with Crippen LogP contribution in [-0.2, 0) is 10.0 Å². The first kappa shape index (κ1) is 16.8. The Hall–Kier alpha value is -2.04. The lowest BCUT2D eigenvalue weighted by Crippen LogP contribution is -2.11. The molecule has 0 amide bonds. The zero-order valence-electron chi connectivity index (χ0n) is 13.2. The molecular weight excluding hydrogens is 342 g/mol. The number of allylic oxidation sites excluding steroid dienone is 1. The fourth-order valence-electron chi connectivity index (χ4n) is 2.78. The summed E-state index contributed by atoms with van der Waals surface area (Å²) in [6, 6.07) is 15.9. The molecule has 0 radical (unpaired) electrons. The quantitative estimate of drug-likeness (QED) is 0.586. The van der Waals surface area contributed by atoms with Crippen LogP contribution in [0.4, 0.5) is 0 Å². The Morgan fingerprint density at radius 3 is 2.50 bits per heavy atom. The van der Waals surface area contributed by atoms with E-state index in [4.69, 9.17) is 11.6 Å². The Morgan fingerprint density at radius 1 is 1.04 bits per heavy atom. The monoisotopic (exact) mass is 359 g/mol. The molecule has 24 heavy (non-hydrogen) atoms. The summed E-state index contributed by atoms with van der Waals surface area (Å²) >= 11 is 5.76. The molecule has 1 heterocycles. The molecule has 3 nitrogen and oxygen atoms in total. The van der Waals surface area contributed by atoms with Crippen molar-refractivity contribution in [3.63, 3.8) is 0 Å². The van der Waals surface area contributed by atoms with Crippen molar-refractivity contribution in [2.75, 3.05) is 5.88 Å². The van der Waals surface area contributed by atoms with Crippen LogP contribution in [0.25, 0.3) is 16.5 Å². The number of alkyl halides is 1. The highest BCUT2D eigenvalue weighted by atomic mass is 35.5. The summed E-state index contributed by atoms with van der Waals surface area (Å²) in [6.45, 7) is 4.12. The van der Waals surface area contributed by atoms with Gasteiger partial charge in [-0.3, -0.25) is 0 Å².